The number of thiophene rings is 1. The Balaban J connectivity index is 1.83. The Hall–Kier alpha value is -2.10. The third kappa shape index (κ3) is 2.90. The summed E-state index contributed by atoms with van der Waals surface area (Å²) in [5.74, 6) is 1.63. The van der Waals surface area contributed by atoms with E-state index in [1.807, 2.05) is 60.0 Å². The summed E-state index contributed by atoms with van der Waals surface area (Å²) in [6.07, 6.45) is 0. The molecule has 2 aromatic carbocycles. The molecule has 0 spiro atoms. The first-order valence-electron chi connectivity index (χ1n) is 6.43. The first-order valence-corrected chi connectivity index (χ1v) is 7.38. The number of rotatable bonds is 4. The molecule has 0 saturated heterocycles. The van der Waals surface area contributed by atoms with Crippen LogP contribution in [0.15, 0.2) is 71.4 Å². The number of nitrogens with two attached hydrogens (primary N) is 1. The van der Waals surface area contributed by atoms with E-state index >= 15 is 0 Å². The van der Waals surface area contributed by atoms with Crippen molar-refractivity contribution in [2.24, 2.45) is 5.73 Å². The summed E-state index contributed by atoms with van der Waals surface area (Å²) in [5.41, 5.74) is 8.46. The predicted octanol–water partition coefficient (Wildman–Crippen LogP) is 4.59. The zero-order chi connectivity index (χ0) is 13.8. The number of benzene rings is 2. The summed E-state index contributed by atoms with van der Waals surface area (Å²) in [4.78, 5) is 0. The first kappa shape index (κ1) is 12.9. The molecule has 100 valence electrons. The van der Waals surface area contributed by atoms with Gasteiger partial charge in [-0.3, -0.25) is 0 Å². The van der Waals surface area contributed by atoms with Crippen LogP contribution in [0.1, 0.15) is 17.2 Å². The van der Waals surface area contributed by atoms with Crippen LogP contribution in [-0.2, 0) is 0 Å². The number of hydrogen-bond acceptors (Lipinski definition) is 3. The smallest absolute Gasteiger partial charge is 0.127 e. The van der Waals surface area contributed by atoms with Gasteiger partial charge in [0, 0.05) is 0 Å². The molecule has 1 atom stereocenters. The van der Waals surface area contributed by atoms with Crippen LogP contribution in [0.5, 0.6) is 11.5 Å². The predicted molar refractivity (Wildman–Crippen MR) is 83.3 cm³/mol. The second-order valence-electron chi connectivity index (χ2n) is 4.52. The van der Waals surface area contributed by atoms with Crippen LogP contribution in [0.25, 0.3) is 0 Å². The highest BCUT2D eigenvalue weighted by molar-refractivity contribution is 7.08. The average molecular weight is 281 g/mol. The maximum atomic E-state index is 6.27. The van der Waals surface area contributed by atoms with Gasteiger partial charge in [-0.15, -0.1) is 0 Å². The molecule has 0 bridgehead atoms. The Morgan fingerprint density at radius 3 is 2.40 bits per heavy atom. The van der Waals surface area contributed by atoms with Crippen LogP contribution < -0.4 is 10.5 Å². The van der Waals surface area contributed by atoms with Crippen molar-refractivity contribution in [1.82, 2.24) is 0 Å². The van der Waals surface area contributed by atoms with E-state index in [0.717, 1.165) is 22.6 Å². The Labute approximate surface area is 122 Å². The molecule has 0 aliphatic heterocycles. The van der Waals surface area contributed by atoms with Crippen LogP contribution in [0.2, 0.25) is 0 Å². The largest absolute Gasteiger partial charge is 0.457 e. The summed E-state index contributed by atoms with van der Waals surface area (Å²) in [7, 11) is 0. The Morgan fingerprint density at radius 1 is 0.850 bits per heavy atom. The van der Waals surface area contributed by atoms with E-state index in [9.17, 15) is 0 Å². The van der Waals surface area contributed by atoms with Gasteiger partial charge in [0.2, 0.25) is 0 Å². The second-order valence-corrected chi connectivity index (χ2v) is 5.30. The molecule has 0 unspecified atom stereocenters. The molecule has 3 aromatic rings. The fourth-order valence-corrected chi connectivity index (χ4v) is 2.74. The molecule has 3 rings (SSSR count). The molecule has 0 aliphatic rings. The van der Waals surface area contributed by atoms with Crippen molar-refractivity contribution in [1.29, 1.82) is 0 Å². The van der Waals surface area contributed by atoms with Gasteiger partial charge in [-0.1, -0.05) is 30.3 Å². The molecule has 1 heterocycles. The highest BCUT2D eigenvalue weighted by Crippen LogP contribution is 2.27. The van der Waals surface area contributed by atoms with Crippen LogP contribution >= 0.6 is 11.3 Å². The van der Waals surface area contributed by atoms with E-state index in [0.29, 0.717) is 0 Å². The zero-order valence-electron chi connectivity index (χ0n) is 10.9. The molecule has 20 heavy (non-hydrogen) atoms. The van der Waals surface area contributed by atoms with E-state index < -0.39 is 0 Å². The molecular formula is C17H15NOS. The highest BCUT2D eigenvalue weighted by Gasteiger charge is 2.10. The van der Waals surface area contributed by atoms with Crippen molar-refractivity contribution >= 4 is 11.3 Å². The lowest BCUT2D eigenvalue weighted by molar-refractivity contribution is 0.481. The molecule has 0 fully saturated rings. The fraction of sp³-hybridized carbons (Fsp3) is 0.0588. The molecular weight excluding hydrogens is 266 g/mol. The van der Waals surface area contributed by atoms with Crippen LogP contribution in [0, 0.1) is 0 Å². The molecule has 2 nitrogen and oxygen atoms in total. The van der Waals surface area contributed by atoms with Gasteiger partial charge in [0.15, 0.2) is 0 Å². The van der Waals surface area contributed by atoms with Crippen molar-refractivity contribution in [3.05, 3.63) is 82.6 Å². The van der Waals surface area contributed by atoms with Crippen molar-refractivity contribution < 1.29 is 4.74 Å². The minimum atomic E-state index is -0.111. The maximum absolute atomic E-state index is 6.27. The van der Waals surface area contributed by atoms with Crippen molar-refractivity contribution in [3.8, 4) is 11.5 Å². The summed E-state index contributed by atoms with van der Waals surface area (Å²) in [6, 6.07) is 19.6. The lowest BCUT2D eigenvalue weighted by Crippen LogP contribution is -2.10. The van der Waals surface area contributed by atoms with E-state index in [-0.39, 0.29) is 6.04 Å². The molecule has 0 aliphatic carbocycles. The fourth-order valence-electron chi connectivity index (χ4n) is 2.04. The van der Waals surface area contributed by atoms with E-state index in [1.165, 1.54) is 0 Å². The van der Waals surface area contributed by atoms with Gasteiger partial charge in [0.25, 0.3) is 0 Å². The van der Waals surface area contributed by atoms with Gasteiger partial charge in [-0.05, 0) is 52.2 Å². The first-order chi connectivity index (χ1) is 9.83. The topological polar surface area (TPSA) is 35.2 Å². The van der Waals surface area contributed by atoms with Crippen molar-refractivity contribution in [2.45, 2.75) is 6.04 Å². The van der Waals surface area contributed by atoms with Gasteiger partial charge in [-0.2, -0.15) is 11.3 Å². The van der Waals surface area contributed by atoms with Crippen LogP contribution in [-0.4, -0.2) is 0 Å². The standard InChI is InChI=1S/C17H15NOS/c18-17(14-9-10-20-12-14)13-5-4-8-16(11-13)19-15-6-2-1-3-7-15/h1-12,17H,18H2/t17-/m0/s1. The van der Waals surface area contributed by atoms with Gasteiger partial charge >= 0.3 is 0 Å². The second kappa shape index (κ2) is 5.90. The van der Waals surface area contributed by atoms with E-state index in [2.05, 4.69) is 11.4 Å². The third-order valence-corrected chi connectivity index (χ3v) is 3.80. The Kier molecular flexibility index (Phi) is 3.81. The van der Waals surface area contributed by atoms with Crippen molar-refractivity contribution in [3.63, 3.8) is 0 Å². The zero-order valence-corrected chi connectivity index (χ0v) is 11.7. The van der Waals surface area contributed by atoms with E-state index in [1.54, 1.807) is 11.3 Å². The average Bonchev–Trinajstić information content (AvgIpc) is 3.02. The van der Waals surface area contributed by atoms with Gasteiger partial charge in [-0.25, -0.2) is 0 Å². The lowest BCUT2D eigenvalue weighted by Gasteiger charge is -2.12. The Morgan fingerprint density at radius 2 is 1.65 bits per heavy atom. The summed E-state index contributed by atoms with van der Waals surface area (Å²) < 4.78 is 5.83. The quantitative estimate of drug-likeness (QED) is 0.759. The molecule has 0 saturated carbocycles. The SMILES string of the molecule is N[C@H](c1ccsc1)c1cccc(Oc2ccccc2)c1. The Bertz CT molecular complexity index is 664. The molecule has 2 N–H and O–H groups in total. The third-order valence-electron chi connectivity index (χ3n) is 3.10. The molecule has 0 radical (unpaired) electrons. The summed E-state index contributed by atoms with van der Waals surface area (Å²) >= 11 is 1.66. The number of ether oxygens (including phenoxy) is 1. The molecule has 3 heteroatoms. The lowest BCUT2D eigenvalue weighted by atomic mass is 10.0. The maximum Gasteiger partial charge on any atom is 0.127 e. The van der Waals surface area contributed by atoms with E-state index in [4.69, 9.17) is 10.5 Å². The van der Waals surface area contributed by atoms with Crippen LogP contribution in [0.4, 0.5) is 0 Å². The van der Waals surface area contributed by atoms with Gasteiger partial charge in [0.05, 0.1) is 6.04 Å². The minimum absolute atomic E-state index is 0.111. The number of hydrogen-bond donors (Lipinski definition) is 1. The summed E-state index contributed by atoms with van der Waals surface area (Å²) in [5, 5.41) is 4.12. The summed E-state index contributed by atoms with van der Waals surface area (Å²) in [6.45, 7) is 0. The van der Waals surface area contributed by atoms with Crippen molar-refractivity contribution in [2.75, 3.05) is 0 Å². The van der Waals surface area contributed by atoms with Gasteiger partial charge < -0.3 is 10.5 Å². The highest BCUT2D eigenvalue weighted by atomic mass is 32.1. The monoisotopic (exact) mass is 281 g/mol. The molecule has 1 aromatic heterocycles. The normalized spacial score (nSPS) is 12.1. The van der Waals surface area contributed by atoms with Gasteiger partial charge in [0.1, 0.15) is 11.5 Å². The molecule has 0 amide bonds. The number of para-hydroxylation sites is 1. The minimum Gasteiger partial charge on any atom is -0.457 e. The van der Waals surface area contributed by atoms with Crippen LogP contribution in [0.3, 0.4) is 0 Å².